The van der Waals surface area contributed by atoms with E-state index < -0.39 is 12.0 Å². The Morgan fingerprint density at radius 1 is 1.44 bits per heavy atom. The summed E-state index contributed by atoms with van der Waals surface area (Å²) in [5, 5.41) is 0. The number of carbonyl (C=O) groups is 1. The number of primary amides is 1. The Labute approximate surface area is 95.9 Å². The Kier molecular flexibility index (Phi) is 5.29. The summed E-state index contributed by atoms with van der Waals surface area (Å²) in [6, 6.07) is 9.91. The third-order valence-electron chi connectivity index (χ3n) is 2.19. The number of benzene rings is 1. The maximum Gasteiger partial charge on any atom is 0.246 e. The van der Waals surface area contributed by atoms with Crippen LogP contribution in [0.3, 0.4) is 0 Å². The second kappa shape index (κ2) is 6.80. The minimum absolute atomic E-state index is 0.399. The highest BCUT2D eigenvalue weighted by molar-refractivity contribution is 5.78. The van der Waals surface area contributed by atoms with Crippen molar-refractivity contribution in [2.24, 2.45) is 5.73 Å². The highest BCUT2D eigenvalue weighted by Gasteiger charge is 2.11. The highest BCUT2D eigenvalue weighted by Crippen LogP contribution is 2.02. The Balaban J connectivity index is 2.35. The van der Waals surface area contributed by atoms with Crippen LogP contribution in [0.1, 0.15) is 18.9 Å². The van der Waals surface area contributed by atoms with Gasteiger partial charge in [-0.15, -0.1) is 0 Å². The minimum atomic E-state index is -0.486. The summed E-state index contributed by atoms with van der Waals surface area (Å²) in [6.45, 7) is 2.27. The lowest BCUT2D eigenvalue weighted by atomic mass is 10.2. The smallest absolute Gasteiger partial charge is 0.246 e. The van der Waals surface area contributed by atoms with Crippen LogP contribution in [-0.4, -0.2) is 18.6 Å². The zero-order valence-electron chi connectivity index (χ0n) is 9.43. The van der Waals surface area contributed by atoms with Crippen LogP contribution in [0.5, 0.6) is 0 Å². The highest BCUT2D eigenvalue weighted by atomic mass is 16.5. The van der Waals surface area contributed by atoms with E-state index in [4.69, 9.17) is 10.5 Å². The number of carbonyl (C=O) groups excluding carboxylic acids is 1. The van der Waals surface area contributed by atoms with Crippen LogP contribution in [0.25, 0.3) is 6.08 Å². The van der Waals surface area contributed by atoms with Gasteiger partial charge in [-0.2, -0.15) is 0 Å². The molecule has 0 aliphatic heterocycles. The lowest BCUT2D eigenvalue weighted by Gasteiger charge is -2.09. The molecule has 0 spiro atoms. The molecule has 0 saturated heterocycles. The fourth-order valence-electron chi connectivity index (χ4n) is 1.32. The first-order chi connectivity index (χ1) is 7.74. The molecule has 0 saturated carbocycles. The number of nitrogens with two attached hydrogens (primary N) is 1. The van der Waals surface area contributed by atoms with Crippen molar-refractivity contribution in [3.8, 4) is 0 Å². The zero-order chi connectivity index (χ0) is 11.8. The number of amides is 1. The van der Waals surface area contributed by atoms with Gasteiger partial charge in [-0.3, -0.25) is 4.79 Å². The predicted molar refractivity (Wildman–Crippen MR) is 64.7 cm³/mol. The molecule has 0 aliphatic rings. The fourth-order valence-corrected chi connectivity index (χ4v) is 1.32. The largest absolute Gasteiger partial charge is 0.367 e. The Bertz CT molecular complexity index is 346. The van der Waals surface area contributed by atoms with E-state index in [2.05, 4.69) is 0 Å². The quantitative estimate of drug-likeness (QED) is 0.795. The molecule has 1 aromatic carbocycles. The molecule has 0 aromatic heterocycles. The summed E-state index contributed by atoms with van der Waals surface area (Å²) < 4.78 is 5.31. The van der Waals surface area contributed by atoms with E-state index in [1.807, 2.05) is 49.4 Å². The van der Waals surface area contributed by atoms with Gasteiger partial charge in [0.15, 0.2) is 0 Å². The standard InChI is InChI=1S/C13H17NO2/c1-2-12(13(14)15)16-10-6-9-11-7-4-3-5-8-11/h3-9,12H,2,10H2,1H3,(H2,14,15). The van der Waals surface area contributed by atoms with E-state index in [1.165, 1.54) is 0 Å². The summed E-state index contributed by atoms with van der Waals surface area (Å²) in [5.41, 5.74) is 6.26. The van der Waals surface area contributed by atoms with Crippen LogP contribution >= 0.6 is 0 Å². The molecule has 2 N–H and O–H groups in total. The van der Waals surface area contributed by atoms with Crippen LogP contribution in [-0.2, 0) is 9.53 Å². The molecule has 1 rings (SSSR count). The van der Waals surface area contributed by atoms with Gasteiger partial charge in [0.25, 0.3) is 0 Å². The first-order valence-electron chi connectivity index (χ1n) is 5.36. The second-order valence-corrected chi connectivity index (χ2v) is 3.45. The molecule has 0 heterocycles. The molecule has 3 heteroatoms. The number of hydrogen-bond acceptors (Lipinski definition) is 2. The van der Waals surface area contributed by atoms with E-state index in [-0.39, 0.29) is 0 Å². The average molecular weight is 219 g/mol. The number of ether oxygens (including phenoxy) is 1. The van der Waals surface area contributed by atoms with Crippen molar-refractivity contribution in [3.63, 3.8) is 0 Å². The molecule has 1 amide bonds. The normalized spacial score (nSPS) is 12.8. The maximum atomic E-state index is 10.9. The molecule has 0 bridgehead atoms. The fraction of sp³-hybridized carbons (Fsp3) is 0.308. The van der Waals surface area contributed by atoms with Crippen LogP contribution in [0, 0.1) is 0 Å². The van der Waals surface area contributed by atoms with E-state index >= 15 is 0 Å². The van der Waals surface area contributed by atoms with Crippen molar-refractivity contribution in [1.82, 2.24) is 0 Å². The topological polar surface area (TPSA) is 52.3 Å². The molecule has 0 radical (unpaired) electrons. The Hall–Kier alpha value is -1.61. The zero-order valence-corrected chi connectivity index (χ0v) is 9.43. The molecule has 3 nitrogen and oxygen atoms in total. The van der Waals surface area contributed by atoms with Gasteiger partial charge in [-0.1, -0.05) is 49.4 Å². The van der Waals surface area contributed by atoms with Gasteiger partial charge in [0, 0.05) is 0 Å². The van der Waals surface area contributed by atoms with E-state index in [0.29, 0.717) is 13.0 Å². The van der Waals surface area contributed by atoms with Crippen molar-refractivity contribution in [2.45, 2.75) is 19.4 Å². The van der Waals surface area contributed by atoms with Crippen molar-refractivity contribution >= 4 is 12.0 Å². The summed E-state index contributed by atoms with van der Waals surface area (Å²) in [4.78, 5) is 10.9. The third-order valence-corrected chi connectivity index (χ3v) is 2.19. The van der Waals surface area contributed by atoms with Gasteiger partial charge >= 0.3 is 0 Å². The third kappa shape index (κ3) is 4.28. The SMILES string of the molecule is CCC(OCC=Cc1ccccc1)C(N)=O. The average Bonchev–Trinajstić information content (AvgIpc) is 2.30. The first-order valence-corrected chi connectivity index (χ1v) is 5.36. The van der Waals surface area contributed by atoms with Crippen molar-refractivity contribution in [3.05, 3.63) is 42.0 Å². The van der Waals surface area contributed by atoms with Crippen LogP contribution < -0.4 is 5.73 Å². The molecule has 0 aliphatic carbocycles. The summed E-state index contributed by atoms with van der Waals surface area (Å²) in [5.74, 6) is -0.407. The number of rotatable bonds is 6. The second-order valence-electron chi connectivity index (χ2n) is 3.45. The molecule has 1 atom stereocenters. The molecule has 0 fully saturated rings. The van der Waals surface area contributed by atoms with Crippen LogP contribution in [0.15, 0.2) is 36.4 Å². The Morgan fingerprint density at radius 3 is 2.69 bits per heavy atom. The van der Waals surface area contributed by atoms with Gasteiger partial charge < -0.3 is 10.5 Å². The molecule has 86 valence electrons. The van der Waals surface area contributed by atoms with E-state index in [0.717, 1.165) is 5.56 Å². The minimum Gasteiger partial charge on any atom is -0.367 e. The monoisotopic (exact) mass is 219 g/mol. The summed E-state index contributed by atoms with van der Waals surface area (Å²) in [6.07, 6.45) is 3.95. The predicted octanol–water partition coefficient (Wildman–Crippen LogP) is 1.98. The van der Waals surface area contributed by atoms with Gasteiger partial charge in [0.2, 0.25) is 5.91 Å². The lowest BCUT2D eigenvalue weighted by Crippen LogP contribution is -2.30. The van der Waals surface area contributed by atoms with Gasteiger partial charge in [-0.25, -0.2) is 0 Å². The summed E-state index contributed by atoms with van der Waals surface area (Å²) in [7, 11) is 0. The lowest BCUT2D eigenvalue weighted by molar-refractivity contribution is -0.128. The molecule has 1 unspecified atom stereocenters. The molecular formula is C13H17NO2. The van der Waals surface area contributed by atoms with Gasteiger partial charge in [-0.05, 0) is 12.0 Å². The first kappa shape index (κ1) is 12.5. The van der Waals surface area contributed by atoms with Crippen LogP contribution in [0.2, 0.25) is 0 Å². The summed E-state index contributed by atoms with van der Waals surface area (Å²) >= 11 is 0. The maximum absolute atomic E-state index is 10.9. The van der Waals surface area contributed by atoms with E-state index in [1.54, 1.807) is 0 Å². The van der Waals surface area contributed by atoms with Gasteiger partial charge in [0.1, 0.15) is 6.10 Å². The number of hydrogen-bond donors (Lipinski definition) is 1. The van der Waals surface area contributed by atoms with Crippen molar-refractivity contribution < 1.29 is 9.53 Å². The van der Waals surface area contributed by atoms with E-state index in [9.17, 15) is 4.79 Å². The van der Waals surface area contributed by atoms with Crippen molar-refractivity contribution in [2.75, 3.05) is 6.61 Å². The van der Waals surface area contributed by atoms with Gasteiger partial charge in [0.05, 0.1) is 6.61 Å². The Morgan fingerprint density at radius 2 is 2.12 bits per heavy atom. The molecular weight excluding hydrogens is 202 g/mol. The molecule has 16 heavy (non-hydrogen) atoms. The molecule has 1 aromatic rings. The van der Waals surface area contributed by atoms with Crippen LogP contribution in [0.4, 0.5) is 0 Å². The van der Waals surface area contributed by atoms with Crippen molar-refractivity contribution in [1.29, 1.82) is 0 Å².